The van der Waals surface area contributed by atoms with E-state index in [1.807, 2.05) is 55.5 Å². The highest BCUT2D eigenvalue weighted by molar-refractivity contribution is 6.31. The van der Waals surface area contributed by atoms with Gasteiger partial charge in [-0.1, -0.05) is 29.8 Å². The van der Waals surface area contributed by atoms with Crippen molar-refractivity contribution in [1.29, 1.82) is 0 Å². The molecule has 1 amide bonds. The van der Waals surface area contributed by atoms with Crippen molar-refractivity contribution in [3.05, 3.63) is 88.9 Å². The number of hydrogen-bond donors (Lipinski definition) is 1. The van der Waals surface area contributed by atoms with Gasteiger partial charge in [0.15, 0.2) is 0 Å². The Morgan fingerprint density at radius 3 is 2.17 bits per heavy atom. The van der Waals surface area contributed by atoms with Crippen LogP contribution >= 0.6 is 11.6 Å². The molecule has 0 radical (unpaired) electrons. The Bertz CT molecular complexity index is 958. The van der Waals surface area contributed by atoms with Crippen molar-refractivity contribution in [2.75, 3.05) is 13.7 Å². The summed E-state index contributed by atoms with van der Waals surface area (Å²) in [5.74, 6) is 1.99. The number of methoxy groups -OCH3 is 1. The molecule has 1 N–H and O–H groups in total. The molecule has 3 aromatic rings. The minimum Gasteiger partial charge on any atom is -0.497 e. The van der Waals surface area contributed by atoms with Crippen molar-refractivity contribution < 1.29 is 19.0 Å². The molecule has 0 heterocycles. The van der Waals surface area contributed by atoms with E-state index in [0.717, 1.165) is 17.1 Å². The topological polar surface area (TPSA) is 56.8 Å². The Labute approximate surface area is 181 Å². The maximum Gasteiger partial charge on any atom is 0.251 e. The molecule has 156 valence electrons. The molecule has 0 aliphatic heterocycles. The first-order valence-corrected chi connectivity index (χ1v) is 9.97. The monoisotopic (exact) mass is 425 g/mol. The van der Waals surface area contributed by atoms with Crippen LogP contribution in [0.2, 0.25) is 5.02 Å². The summed E-state index contributed by atoms with van der Waals surface area (Å²) in [5.41, 5.74) is 1.46. The van der Waals surface area contributed by atoms with Crippen LogP contribution in [0.5, 0.6) is 17.2 Å². The summed E-state index contributed by atoms with van der Waals surface area (Å²) in [5, 5.41) is 3.59. The number of nitrogens with one attached hydrogen (secondary N) is 1. The first kappa shape index (κ1) is 21.5. The second-order valence-electron chi connectivity index (χ2n) is 6.77. The molecule has 0 aliphatic rings. The van der Waals surface area contributed by atoms with Gasteiger partial charge in [-0.15, -0.1) is 0 Å². The van der Waals surface area contributed by atoms with Crippen LogP contribution < -0.4 is 19.5 Å². The Balaban J connectivity index is 1.46. The van der Waals surface area contributed by atoms with E-state index in [1.165, 1.54) is 0 Å². The summed E-state index contributed by atoms with van der Waals surface area (Å²) in [7, 11) is 1.62. The molecule has 0 aromatic heterocycles. The van der Waals surface area contributed by atoms with Gasteiger partial charge in [0.2, 0.25) is 0 Å². The van der Waals surface area contributed by atoms with E-state index in [0.29, 0.717) is 29.5 Å². The number of halogens is 1. The lowest BCUT2D eigenvalue weighted by Gasteiger charge is -2.15. The van der Waals surface area contributed by atoms with Gasteiger partial charge in [0.05, 0.1) is 13.2 Å². The molecule has 0 bridgehead atoms. The Hall–Kier alpha value is -3.18. The van der Waals surface area contributed by atoms with Crippen molar-refractivity contribution in [2.45, 2.75) is 19.6 Å². The van der Waals surface area contributed by atoms with Crippen LogP contribution in [-0.4, -0.2) is 25.7 Å². The lowest BCUT2D eigenvalue weighted by molar-refractivity contribution is 0.0926. The fourth-order valence-electron chi connectivity index (χ4n) is 2.72. The maximum atomic E-state index is 12.4. The first-order valence-electron chi connectivity index (χ1n) is 9.59. The zero-order valence-electron chi connectivity index (χ0n) is 16.9. The molecule has 5 nitrogen and oxygen atoms in total. The van der Waals surface area contributed by atoms with Crippen molar-refractivity contribution in [3.63, 3.8) is 0 Å². The van der Waals surface area contributed by atoms with E-state index in [9.17, 15) is 4.79 Å². The molecule has 0 fully saturated rings. The predicted molar refractivity (Wildman–Crippen MR) is 118 cm³/mol. The SMILES string of the molecule is COc1ccc(OCC(C)NC(=O)c2ccc(OCc3ccccc3Cl)cc2)cc1. The zero-order valence-corrected chi connectivity index (χ0v) is 17.7. The highest BCUT2D eigenvalue weighted by Crippen LogP contribution is 2.19. The molecule has 1 atom stereocenters. The quantitative estimate of drug-likeness (QED) is 0.516. The lowest BCUT2D eigenvalue weighted by atomic mass is 10.2. The van der Waals surface area contributed by atoms with E-state index in [1.54, 1.807) is 31.4 Å². The van der Waals surface area contributed by atoms with Crippen LogP contribution in [0.25, 0.3) is 0 Å². The van der Waals surface area contributed by atoms with E-state index in [2.05, 4.69) is 5.32 Å². The predicted octanol–water partition coefficient (Wildman–Crippen LogP) is 5.12. The molecule has 30 heavy (non-hydrogen) atoms. The summed E-state index contributed by atoms with van der Waals surface area (Å²) in [4.78, 5) is 12.4. The summed E-state index contributed by atoms with van der Waals surface area (Å²) >= 11 is 6.14. The fourth-order valence-corrected chi connectivity index (χ4v) is 2.91. The minimum absolute atomic E-state index is 0.157. The molecule has 3 aromatic carbocycles. The van der Waals surface area contributed by atoms with Gasteiger partial charge in [-0.25, -0.2) is 0 Å². The van der Waals surface area contributed by atoms with Gasteiger partial charge in [0, 0.05) is 16.1 Å². The number of ether oxygens (including phenoxy) is 3. The van der Waals surface area contributed by atoms with Gasteiger partial charge >= 0.3 is 0 Å². The molecular weight excluding hydrogens is 402 g/mol. The van der Waals surface area contributed by atoms with Crippen molar-refractivity contribution >= 4 is 17.5 Å². The summed E-state index contributed by atoms with van der Waals surface area (Å²) in [6.45, 7) is 2.62. The molecule has 6 heteroatoms. The average molecular weight is 426 g/mol. The van der Waals surface area contributed by atoms with Gasteiger partial charge < -0.3 is 19.5 Å². The molecular formula is C24H24ClNO4. The molecule has 0 spiro atoms. The van der Waals surface area contributed by atoms with E-state index in [-0.39, 0.29) is 11.9 Å². The number of hydrogen-bond acceptors (Lipinski definition) is 4. The molecule has 0 saturated carbocycles. The van der Waals surface area contributed by atoms with Gasteiger partial charge in [0.25, 0.3) is 5.91 Å². The van der Waals surface area contributed by atoms with Crippen molar-refractivity contribution in [1.82, 2.24) is 5.32 Å². The second-order valence-corrected chi connectivity index (χ2v) is 7.17. The summed E-state index contributed by atoms with van der Waals surface area (Å²) in [6.07, 6.45) is 0. The number of benzene rings is 3. The largest absolute Gasteiger partial charge is 0.497 e. The molecule has 3 rings (SSSR count). The second kappa shape index (κ2) is 10.6. The molecule has 1 unspecified atom stereocenters. The third kappa shape index (κ3) is 6.16. The van der Waals surface area contributed by atoms with Gasteiger partial charge in [0.1, 0.15) is 30.5 Å². The Morgan fingerprint density at radius 1 is 0.900 bits per heavy atom. The zero-order chi connectivity index (χ0) is 21.3. The van der Waals surface area contributed by atoms with Gasteiger partial charge in [-0.3, -0.25) is 4.79 Å². The maximum absolute atomic E-state index is 12.4. The first-order chi connectivity index (χ1) is 14.5. The number of carbonyl (C=O) groups is 1. The highest BCUT2D eigenvalue weighted by atomic mass is 35.5. The number of rotatable bonds is 9. The summed E-state index contributed by atoms with van der Waals surface area (Å²) in [6, 6.07) is 21.7. The van der Waals surface area contributed by atoms with Crippen LogP contribution in [0.1, 0.15) is 22.8 Å². The van der Waals surface area contributed by atoms with E-state index < -0.39 is 0 Å². The van der Waals surface area contributed by atoms with Crippen molar-refractivity contribution in [2.24, 2.45) is 0 Å². The Kier molecular flexibility index (Phi) is 7.57. The fraction of sp³-hybridized carbons (Fsp3) is 0.208. The van der Waals surface area contributed by atoms with E-state index >= 15 is 0 Å². The van der Waals surface area contributed by atoms with Crippen LogP contribution in [-0.2, 0) is 6.61 Å². The van der Waals surface area contributed by atoms with Crippen LogP contribution in [0.15, 0.2) is 72.8 Å². The highest BCUT2D eigenvalue weighted by Gasteiger charge is 2.11. The minimum atomic E-state index is -0.168. The third-order valence-electron chi connectivity index (χ3n) is 4.41. The van der Waals surface area contributed by atoms with E-state index in [4.69, 9.17) is 25.8 Å². The normalized spacial score (nSPS) is 11.4. The van der Waals surface area contributed by atoms with Gasteiger partial charge in [-0.05, 0) is 61.5 Å². The molecule has 0 aliphatic carbocycles. The molecule has 0 saturated heterocycles. The number of carbonyl (C=O) groups excluding carboxylic acids is 1. The van der Waals surface area contributed by atoms with Crippen LogP contribution in [0, 0.1) is 0 Å². The summed E-state index contributed by atoms with van der Waals surface area (Å²) < 4.78 is 16.6. The number of amides is 1. The lowest BCUT2D eigenvalue weighted by Crippen LogP contribution is -2.36. The van der Waals surface area contributed by atoms with Crippen LogP contribution in [0.3, 0.4) is 0 Å². The smallest absolute Gasteiger partial charge is 0.251 e. The standard InChI is InChI=1S/C24H24ClNO4/c1-17(15-29-22-13-11-20(28-2)12-14-22)26-24(27)18-7-9-21(10-8-18)30-16-19-5-3-4-6-23(19)25/h3-14,17H,15-16H2,1-2H3,(H,26,27). The third-order valence-corrected chi connectivity index (χ3v) is 4.77. The van der Waals surface area contributed by atoms with Gasteiger partial charge in [-0.2, -0.15) is 0 Å². The average Bonchev–Trinajstić information content (AvgIpc) is 2.78. The van der Waals surface area contributed by atoms with Crippen molar-refractivity contribution in [3.8, 4) is 17.2 Å². The Morgan fingerprint density at radius 2 is 1.50 bits per heavy atom. The van der Waals surface area contributed by atoms with Crippen LogP contribution in [0.4, 0.5) is 0 Å².